The molecule has 0 aromatic rings. The quantitative estimate of drug-likeness (QED) is 0.158. The SMILES string of the molecule is C=CC1C[C@]1(NC(=O)[C@@H]1C[C@@H](OC(=N)NC)CN1C(=O)[C@@H](N)C(C)(C)C)C(=O)NS(=O)(=O)C1CC1. The van der Waals surface area contributed by atoms with Crippen molar-refractivity contribution in [3.8, 4) is 0 Å². The zero-order chi connectivity index (χ0) is 26.3. The van der Waals surface area contributed by atoms with Crippen LogP contribution in [0.25, 0.3) is 0 Å². The van der Waals surface area contributed by atoms with Crippen molar-refractivity contribution in [1.82, 2.24) is 20.3 Å². The molecule has 0 bridgehead atoms. The van der Waals surface area contributed by atoms with Crippen molar-refractivity contribution >= 4 is 33.8 Å². The number of carbonyl (C=O) groups is 3. The average molecular weight is 513 g/mol. The van der Waals surface area contributed by atoms with E-state index in [1.54, 1.807) is 0 Å². The molecule has 13 heteroatoms. The predicted octanol–water partition coefficient (Wildman–Crippen LogP) is -0.831. The van der Waals surface area contributed by atoms with E-state index in [0.717, 1.165) is 0 Å². The fourth-order valence-electron chi connectivity index (χ4n) is 4.17. The van der Waals surface area contributed by atoms with E-state index in [1.165, 1.54) is 18.0 Å². The van der Waals surface area contributed by atoms with Crippen molar-refractivity contribution in [2.75, 3.05) is 13.6 Å². The van der Waals surface area contributed by atoms with Gasteiger partial charge in [-0.3, -0.25) is 24.5 Å². The van der Waals surface area contributed by atoms with Gasteiger partial charge in [0.2, 0.25) is 21.8 Å². The molecule has 3 fully saturated rings. The lowest BCUT2D eigenvalue weighted by Crippen LogP contribution is -2.59. The molecule has 0 aromatic carbocycles. The zero-order valence-corrected chi connectivity index (χ0v) is 21.4. The lowest BCUT2D eigenvalue weighted by atomic mass is 9.86. The van der Waals surface area contributed by atoms with Gasteiger partial charge in [-0.15, -0.1) is 6.58 Å². The number of amidine groups is 1. The first-order valence-electron chi connectivity index (χ1n) is 11.7. The van der Waals surface area contributed by atoms with Gasteiger partial charge in [0.05, 0.1) is 17.8 Å². The van der Waals surface area contributed by atoms with Gasteiger partial charge in [-0.2, -0.15) is 0 Å². The Hall–Kier alpha value is -2.67. The number of hydrogen-bond acceptors (Lipinski definition) is 8. The maximum absolute atomic E-state index is 13.4. The Kier molecular flexibility index (Phi) is 7.24. The van der Waals surface area contributed by atoms with Crippen molar-refractivity contribution in [1.29, 1.82) is 5.41 Å². The van der Waals surface area contributed by atoms with E-state index >= 15 is 0 Å². The van der Waals surface area contributed by atoms with Crippen molar-refractivity contribution in [2.24, 2.45) is 17.1 Å². The molecule has 1 aliphatic heterocycles. The number of amides is 3. The number of hydrogen-bond donors (Lipinski definition) is 5. The van der Waals surface area contributed by atoms with Crippen LogP contribution in [-0.4, -0.2) is 79.6 Å². The van der Waals surface area contributed by atoms with E-state index in [1.807, 2.05) is 20.8 Å². The van der Waals surface area contributed by atoms with Crippen molar-refractivity contribution < 1.29 is 27.5 Å². The molecule has 196 valence electrons. The summed E-state index contributed by atoms with van der Waals surface area (Å²) < 4.78 is 32.2. The number of rotatable bonds is 8. The number of nitrogens with one attached hydrogen (secondary N) is 4. The van der Waals surface area contributed by atoms with Gasteiger partial charge in [-0.25, -0.2) is 8.42 Å². The van der Waals surface area contributed by atoms with Crippen LogP contribution in [-0.2, 0) is 29.1 Å². The molecule has 6 N–H and O–H groups in total. The van der Waals surface area contributed by atoms with Crippen molar-refractivity contribution in [2.45, 2.75) is 75.4 Å². The van der Waals surface area contributed by atoms with Crippen LogP contribution in [0, 0.1) is 16.7 Å². The molecule has 3 aliphatic rings. The summed E-state index contributed by atoms with van der Waals surface area (Å²) in [5.41, 5.74) is 4.15. The molecule has 3 rings (SSSR count). The van der Waals surface area contributed by atoms with Gasteiger partial charge in [-0.05, 0) is 24.7 Å². The number of likely N-dealkylation sites (tertiary alicyclic amines) is 1. The summed E-state index contributed by atoms with van der Waals surface area (Å²) in [4.78, 5) is 41.0. The van der Waals surface area contributed by atoms with E-state index in [-0.39, 0.29) is 25.4 Å². The topological polar surface area (TPSA) is 184 Å². The maximum Gasteiger partial charge on any atom is 0.281 e. The van der Waals surface area contributed by atoms with Gasteiger partial charge in [0.1, 0.15) is 17.7 Å². The molecule has 0 aromatic heterocycles. The fourth-order valence-corrected chi connectivity index (χ4v) is 5.53. The van der Waals surface area contributed by atoms with E-state index in [9.17, 15) is 22.8 Å². The Morgan fingerprint density at radius 1 is 1.29 bits per heavy atom. The number of carbonyl (C=O) groups excluding carboxylic acids is 3. The highest BCUT2D eigenvalue weighted by Gasteiger charge is 2.62. The summed E-state index contributed by atoms with van der Waals surface area (Å²) >= 11 is 0. The Labute approximate surface area is 205 Å². The monoisotopic (exact) mass is 512 g/mol. The summed E-state index contributed by atoms with van der Waals surface area (Å²) in [7, 11) is -2.30. The summed E-state index contributed by atoms with van der Waals surface area (Å²) in [5.74, 6) is -2.34. The first-order chi connectivity index (χ1) is 16.2. The van der Waals surface area contributed by atoms with Crippen LogP contribution in [0.2, 0.25) is 0 Å². The van der Waals surface area contributed by atoms with E-state index in [2.05, 4.69) is 21.9 Å². The highest BCUT2D eigenvalue weighted by Crippen LogP contribution is 2.45. The molecule has 12 nitrogen and oxygen atoms in total. The Balaban J connectivity index is 1.81. The van der Waals surface area contributed by atoms with E-state index < -0.39 is 68.1 Å². The van der Waals surface area contributed by atoms with Crippen molar-refractivity contribution in [3.05, 3.63) is 12.7 Å². The number of ether oxygens (including phenoxy) is 1. The van der Waals surface area contributed by atoms with Crippen LogP contribution in [0.1, 0.15) is 46.5 Å². The largest absolute Gasteiger partial charge is 0.460 e. The highest BCUT2D eigenvalue weighted by molar-refractivity contribution is 7.91. The van der Waals surface area contributed by atoms with Gasteiger partial charge in [0.15, 0.2) is 0 Å². The molecule has 2 saturated carbocycles. The van der Waals surface area contributed by atoms with Gasteiger partial charge < -0.3 is 26.0 Å². The van der Waals surface area contributed by atoms with E-state index in [0.29, 0.717) is 12.8 Å². The second-order valence-corrected chi connectivity index (χ2v) is 12.5. The third-order valence-corrected chi connectivity index (χ3v) is 8.63. The lowest BCUT2D eigenvalue weighted by Gasteiger charge is -2.33. The van der Waals surface area contributed by atoms with Crippen LogP contribution >= 0.6 is 0 Å². The Morgan fingerprint density at radius 2 is 1.91 bits per heavy atom. The molecule has 1 unspecified atom stereocenters. The van der Waals surface area contributed by atoms with Crippen LogP contribution in [0.5, 0.6) is 0 Å². The van der Waals surface area contributed by atoms with Gasteiger partial charge in [0, 0.05) is 19.4 Å². The van der Waals surface area contributed by atoms with Crippen LogP contribution < -0.4 is 21.1 Å². The summed E-state index contributed by atoms with van der Waals surface area (Å²) in [6.07, 6.45) is 2.11. The average Bonchev–Trinajstić information content (AvgIpc) is 3.69. The minimum atomic E-state index is -3.81. The molecule has 0 spiro atoms. The molecular formula is C22H36N6O6S. The van der Waals surface area contributed by atoms with Crippen LogP contribution in [0.3, 0.4) is 0 Å². The second kappa shape index (κ2) is 9.41. The molecule has 2 aliphatic carbocycles. The first-order valence-corrected chi connectivity index (χ1v) is 13.2. The lowest BCUT2D eigenvalue weighted by molar-refractivity contribution is -0.142. The number of nitrogens with two attached hydrogens (primary N) is 1. The Bertz CT molecular complexity index is 1020. The third kappa shape index (κ3) is 5.61. The number of nitrogens with zero attached hydrogens (tertiary/aromatic N) is 1. The standard InChI is InChI=1S/C22H36N6O6S/c1-6-12-10-22(12,19(31)27-35(32,33)14-7-8-14)26-17(29)15-9-13(34-20(24)25-5)11-28(15)18(30)16(23)21(2,3)4/h6,12-16H,1,7-11,23H2,2-5H3,(H2,24,25)(H,26,29)(H,27,31)/t12?,13-,15+,16-,22-/m1/s1. The molecular weight excluding hydrogens is 476 g/mol. The zero-order valence-electron chi connectivity index (χ0n) is 20.6. The van der Waals surface area contributed by atoms with Gasteiger partial charge in [0.25, 0.3) is 11.9 Å². The predicted molar refractivity (Wildman–Crippen MR) is 128 cm³/mol. The normalized spacial score (nSPS) is 29.1. The van der Waals surface area contributed by atoms with Crippen LogP contribution in [0.15, 0.2) is 12.7 Å². The summed E-state index contributed by atoms with van der Waals surface area (Å²) in [6.45, 7) is 9.15. The molecule has 35 heavy (non-hydrogen) atoms. The molecule has 3 amide bonds. The summed E-state index contributed by atoms with van der Waals surface area (Å²) in [5, 5.41) is 12.4. The maximum atomic E-state index is 13.4. The first kappa shape index (κ1) is 26.9. The second-order valence-electron chi connectivity index (χ2n) is 10.6. The molecule has 1 heterocycles. The molecule has 5 atom stereocenters. The molecule has 0 radical (unpaired) electrons. The minimum Gasteiger partial charge on any atom is -0.460 e. The van der Waals surface area contributed by atoms with Crippen molar-refractivity contribution in [3.63, 3.8) is 0 Å². The Morgan fingerprint density at radius 3 is 2.40 bits per heavy atom. The van der Waals surface area contributed by atoms with E-state index in [4.69, 9.17) is 15.9 Å². The summed E-state index contributed by atoms with van der Waals surface area (Å²) in [6, 6.07) is -2.12. The van der Waals surface area contributed by atoms with Gasteiger partial charge in [-0.1, -0.05) is 26.8 Å². The number of sulfonamides is 1. The molecule has 1 saturated heterocycles. The third-order valence-electron chi connectivity index (χ3n) is 6.81. The smallest absolute Gasteiger partial charge is 0.281 e. The van der Waals surface area contributed by atoms with Gasteiger partial charge >= 0.3 is 0 Å². The highest BCUT2D eigenvalue weighted by atomic mass is 32.2. The minimum absolute atomic E-state index is 0.0326. The van der Waals surface area contributed by atoms with Crippen LogP contribution in [0.4, 0.5) is 0 Å². The fraction of sp³-hybridized carbons (Fsp3) is 0.727.